The van der Waals surface area contributed by atoms with Crippen LogP contribution in [0.5, 0.6) is 5.75 Å². The molecular formula is C17H16ClN3O3S. The van der Waals surface area contributed by atoms with Gasteiger partial charge in [-0.3, -0.25) is 0 Å². The van der Waals surface area contributed by atoms with Crippen molar-refractivity contribution in [2.24, 2.45) is 0 Å². The fraction of sp³-hybridized carbons (Fsp3) is 0.235. The molecule has 0 fully saturated rings. The number of carbonyl (C=O) groups excluding carboxylic acids is 1. The number of hydrogen-bond donors (Lipinski definition) is 1. The SMILES string of the molecule is COC(=O)c1sc2ncnc(Nc3cc(C)c(Cl)cc3OC)c2c1C. The summed E-state index contributed by atoms with van der Waals surface area (Å²) in [6.45, 7) is 3.76. The molecule has 130 valence electrons. The molecule has 0 aliphatic heterocycles. The van der Waals surface area contributed by atoms with Gasteiger partial charge in [-0.05, 0) is 31.0 Å². The Labute approximate surface area is 153 Å². The largest absolute Gasteiger partial charge is 0.495 e. The number of esters is 1. The van der Waals surface area contributed by atoms with E-state index in [1.807, 2.05) is 19.9 Å². The van der Waals surface area contributed by atoms with Gasteiger partial charge in [0.25, 0.3) is 0 Å². The minimum atomic E-state index is -0.383. The molecule has 0 atom stereocenters. The fourth-order valence-corrected chi connectivity index (χ4v) is 3.73. The van der Waals surface area contributed by atoms with Crippen LogP contribution in [0.25, 0.3) is 10.2 Å². The lowest BCUT2D eigenvalue weighted by molar-refractivity contribution is 0.0605. The summed E-state index contributed by atoms with van der Waals surface area (Å²) in [7, 11) is 2.94. The summed E-state index contributed by atoms with van der Waals surface area (Å²) >= 11 is 7.44. The van der Waals surface area contributed by atoms with Gasteiger partial charge in [0.2, 0.25) is 0 Å². The summed E-state index contributed by atoms with van der Waals surface area (Å²) < 4.78 is 10.2. The summed E-state index contributed by atoms with van der Waals surface area (Å²) in [6, 6.07) is 3.63. The molecule has 0 bridgehead atoms. The zero-order valence-electron chi connectivity index (χ0n) is 14.1. The van der Waals surface area contributed by atoms with E-state index in [4.69, 9.17) is 21.1 Å². The Hall–Kier alpha value is -2.38. The van der Waals surface area contributed by atoms with Crippen LogP contribution >= 0.6 is 22.9 Å². The van der Waals surface area contributed by atoms with Crippen molar-refractivity contribution in [1.82, 2.24) is 9.97 Å². The highest BCUT2D eigenvalue weighted by Gasteiger charge is 2.20. The third kappa shape index (κ3) is 3.12. The smallest absolute Gasteiger partial charge is 0.348 e. The van der Waals surface area contributed by atoms with E-state index in [2.05, 4.69) is 15.3 Å². The summed E-state index contributed by atoms with van der Waals surface area (Å²) in [5.74, 6) is 0.809. The molecule has 8 heteroatoms. The maximum absolute atomic E-state index is 11.9. The highest BCUT2D eigenvalue weighted by molar-refractivity contribution is 7.20. The van der Waals surface area contributed by atoms with Gasteiger partial charge in [0.05, 0.1) is 25.3 Å². The van der Waals surface area contributed by atoms with Gasteiger partial charge in [0.15, 0.2) is 0 Å². The number of anilines is 2. The number of aryl methyl sites for hydroxylation is 2. The first-order valence-electron chi connectivity index (χ1n) is 7.39. The van der Waals surface area contributed by atoms with Crippen LogP contribution in [0.3, 0.4) is 0 Å². The van der Waals surface area contributed by atoms with Crippen LogP contribution in [0.15, 0.2) is 18.5 Å². The number of nitrogens with zero attached hydrogens (tertiary/aromatic N) is 2. The van der Waals surface area contributed by atoms with Crippen molar-refractivity contribution in [2.75, 3.05) is 19.5 Å². The van der Waals surface area contributed by atoms with E-state index in [1.54, 1.807) is 13.2 Å². The maximum Gasteiger partial charge on any atom is 0.348 e. The number of hydrogen-bond acceptors (Lipinski definition) is 7. The number of ether oxygens (including phenoxy) is 2. The standard InChI is InChI=1S/C17H16ClN3O3S/c1-8-5-11(12(23-3)6-10(8)18)21-15-13-9(2)14(17(22)24-4)25-16(13)20-7-19-15/h5-7H,1-4H3,(H,19,20,21). The molecule has 3 aromatic rings. The number of carbonyl (C=O) groups is 1. The Morgan fingerprint density at radius 3 is 2.68 bits per heavy atom. The third-order valence-electron chi connectivity index (χ3n) is 3.83. The van der Waals surface area contributed by atoms with Crippen molar-refractivity contribution < 1.29 is 14.3 Å². The van der Waals surface area contributed by atoms with Gasteiger partial charge in [0.1, 0.15) is 27.6 Å². The fourth-order valence-electron chi connectivity index (χ4n) is 2.51. The molecule has 0 radical (unpaired) electrons. The van der Waals surface area contributed by atoms with Crippen molar-refractivity contribution in [1.29, 1.82) is 0 Å². The van der Waals surface area contributed by atoms with E-state index in [0.29, 0.717) is 26.3 Å². The molecule has 6 nitrogen and oxygen atoms in total. The molecule has 0 spiro atoms. The molecule has 0 saturated carbocycles. The van der Waals surface area contributed by atoms with Gasteiger partial charge in [0, 0.05) is 11.1 Å². The van der Waals surface area contributed by atoms with E-state index in [-0.39, 0.29) is 5.97 Å². The van der Waals surface area contributed by atoms with E-state index >= 15 is 0 Å². The molecule has 2 aromatic heterocycles. The molecule has 1 aromatic carbocycles. The first-order chi connectivity index (χ1) is 12.0. The van der Waals surface area contributed by atoms with E-state index in [1.165, 1.54) is 24.8 Å². The van der Waals surface area contributed by atoms with Gasteiger partial charge in [-0.2, -0.15) is 0 Å². The Bertz CT molecular complexity index is 971. The number of rotatable bonds is 4. The van der Waals surface area contributed by atoms with Crippen molar-refractivity contribution in [2.45, 2.75) is 13.8 Å². The van der Waals surface area contributed by atoms with Crippen LogP contribution in [-0.4, -0.2) is 30.2 Å². The van der Waals surface area contributed by atoms with Gasteiger partial charge in [-0.1, -0.05) is 11.6 Å². The van der Waals surface area contributed by atoms with Gasteiger partial charge in [-0.15, -0.1) is 11.3 Å². The molecule has 0 amide bonds. The van der Waals surface area contributed by atoms with Gasteiger partial charge < -0.3 is 14.8 Å². The Morgan fingerprint density at radius 2 is 2.00 bits per heavy atom. The molecule has 3 rings (SSSR count). The van der Waals surface area contributed by atoms with Gasteiger partial charge in [-0.25, -0.2) is 14.8 Å². The molecule has 0 aliphatic rings. The van der Waals surface area contributed by atoms with Crippen LogP contribution in [0, 0.1) is 13.8 Å². The quantitative estimate of drug-likeness (QED) is 0.675. The molecule has 1 N–H and O–H groups in total. The minimum Gasteiger partial charge on any atom is -0.495 e. The zero-order chi connectivity index (χ0) is 18.1. The van der Waals surface area contributed by atoms with E-state index < -0.39 is 0 Å². The summed E-state index contributed by atoms with van der Waals surface area (Å²) in [4.78, 5) is 21.8. The molecular weight excluding hydrogens is 362 g/mol. The predicted octanol–water partition coefficient (Wildman–Crippen LogP) is 4.50. The number of benzene rings is 1. The summed E-state index contributed by atoms with van der Waals surface area (Å²) in [6.07, 6.45) is 1.46. The maximum atomic E-state index is 11.9. The van der Waals surface area contributed by atoms with Crippen molar-refractivity contribution in [3.05, 3.63) is 39.5 Å². The Balaban J connectivity index is 2.13. The number of nitrogens with one attached hydrogen (secondary N) is 1. The summed E-state index contributed by atoms with van der Waals surface area (Å²) in [5, 5.41) is 4.67. The van der Waals surface area contributed by atoms with Crippen LogP contribution in [0.4, 0.5) is 11.5 Å². The van der Waals surface area contributed by atoms with Crippen LogP contribution in [-0.2, 0) is 4.74 Å². The molecule has 0 unspecified atom stereocenters. The van der Waals surface area contributed by atoms with E-state index in [9.17, 15) is 4.79 Å². The first kappa shape index (κ1) is 17.4. The highest BCUT2D eigenvalue weighted by Crippen LogP contribution is 2.37. The second-order valence-electron chi connectivity index (χ2n) is 5.38. The normalized spacial score (nSPS) is 10.8. The number of thiophene rings is 1. The highest BCUT2D eigenvalue weighted by atomic mass is 35.5. The monoisotopic (exact) mass is 377 g/mol. The van der Waals surface area contributed by atoms with Crippen molar-refractivity contribution >= 4 is 50.6 Å². The average Bonchev–Trinajstić information content (AvgIpc) is 2.95. The van der Waals surface area contributed by atoms with Crippen molar-refractivity contribution in [3.8, 4) is 5.75 Å². The Kier molecular flexibility index (Phi) is 4.78. The third-order valence-corrected chi connectivity index (χ3v) is 5.42. The molecule has 2 heterocycles. The molecule has 0 saturated heterocycles. The number of halogens is 1. The van der Waals surface area contributed by atoms with Crippen LogP contribution in [0.1, 0.15) is 20.8 Å². The second kappa shape index (κ2) is 6.85. The summed E-state index contributed by atoms with van der Waals surface area (Å²) in [5.41, 5.74) is 2.42. The topological polar surface area (TPSA) is 73.3 Å². The average molecular weight is 378 g/mol. The lowest BCUT2D eigenvalue weighted by Crippen LogP contribution is -2.01. The van der Waals surface area contributed by atoms with Crippen LogP contribution < -0.4 is 10.1 Å². The van der Waals surface area contributed by atoms with E-state index in [0.717, 1.165) is 22.2 Å². The molecule has 25 heavy (non-hydrogen) atoms. The predicted molar refractivity (Wildman–Crippen MR) is 99.5 cm³/mol. The number of fused-ring (bicyclic) bond motifs is 1. The first-order valence-corrected chi connectivity index (χ1v) is 8.59. The lowest BCUT2D eigenvalue weighted by Gasteiger charge is -2.13. The van der Waals surface area contributed by atoms with Crippen LogP contribution in [0.2, 0.25) is 5.02 Å². The number of methoxy groups -OCH3 is 2. The Morgan fingerprint density at radius 1 is 1.24 bits per heavy atom. The minimum absolute atomic E-state index is 0.383. The van der Waals surface area contributed by atoms with Crippen molar-refractivity contribution in [3.63, 3.8) is 0 Å². The zero-order valence-corrected chi connectivity index (χ0v) is 15.7. The second-order valence-corrected chi connectivity index (χ2v) is 6.78. The van der Waals surface area contributed by atoms with Gasteiger partial charge >= 0.3 is 5.97 Å². The number of aromatic nitrogens is 2. The molecule has 0 aliphatic carbocycles. The lowest BCUT2D eigenvalue weighted by atomic mass is 10.1.